The van der Waals surface area contributed by atoms with E-state index in [1.165, 1.54) is 0 Å². The predicted octanol–water partition coefficient (Wildman–Crippen LogP) is 2.01. The van der Waals surface area contributed by atoms with Crippen molar-refractivity contribution in [3.63, 3.8) is 0 Å². The molecule has 1 N–H and O–H groups in total. The first-order chi connectivity index (χ1) is 8.74. The van der Waals surface area contributed by atoms with Gasteiger partial charge in [-0.2, -0.15) is 0 Å². The molecule has 0 saturated carbocycles. The van der Waals surface area contributed by atoms with Gasteiger partial charge in [-0.05, 0) is 28.3 Å². The number of methoxy groups -OCH3 is 1. The molecule has 0 spiro atoms. The molecule has 0 aliphatic carbocycles. The summed E-state index contributed by atoms with van der Waals surface area (Å²) >= 11 is 3.50. The lowest BCUT2D eigenvalue weighted by atomic mass is 10.0. The molecule has 6 heteroatoms. The minimum absolute atomic E-state index is 0.478. The van der Waals surface area contributed by atoms with Gasteiger partial charge < -0.3 is 14.8 Å². The van der Waals surface area contributed by atoms with Crippen LogP contribution in [0.15, 0.2) is 4.47 Å². The summed E-state index contributed by atoms with van der Waals surface area (Å²) in [6.07, 6.45) is 1.95. The highest BCUT2D eigenvalue weighted by atomic mass is 79.9. The van der Waals surface area contributed by atoms with Gasteiger partial charge in [-0.15, -0.1) is 0 Å². The Labute approximate surface area is 115 Å². The molecule has 0 amide bonds. The first-order valence-electron chi connectivity index (χ1n) is 6.04. The Hall–Kier alpha value is -0.720. The van der Waals surface area contributed by atoms with Crippen molar-refractivity contribution in [1.82, 2.24) is 9.97 Å². The van der Waals surface area contributed by atoms with Crippen LogP contribution in [0, 0.1) is 5.92 Å². The summed E-state index contributed by atoms with van der Waals surface area (Å²) in [5, 5.41) is 3.07. The number of anilines is 1. The van der Waals surface area contributed by atoms with E-state index in [0.717, 1.165) is 47.9 Å². The third-order valence-electron chi connectivity index (χ3n) is 2.98. The van der Waals surface area contributed by atoms with Crippen LogP contribution in [-0.2, 0) is 22.5 Å². The standard InChI is InChI=1S/C12H18BrN3O2/c1-14-12-11(13)9(7-17-2)15-10(16-12)5-8-3-4-18-6-8/h8H,3-7H2,1-2H3,(H,14,15,16). The van der Waals surface area contributed by atoms with Gasteiger partial charge in [0.25, 0.3) is 0 Å². The largest absolute Gasteiger partial charge is 0.381 e. The molecule has 0 aromatic carbocycles. The SMILES string of the molecule is CNc1nc(CC2CCOC2)nc(COC)c1Br. The van der Waals surface area contributed by atoms with Crippen LogP contribution in [0.5, 0.6) is 0 Å². The highest BCUT2D eigenvalue weighted by molar-refractivity contribution is 9.10. The van der Waals surface area contributed by atoms with Crippen LogP contribution in [0.25, 0.3) is 0 Å². The predicted molar refractivity (Wildman–Crippen MR) is 72.6 cm³/mol. The van der Waals surface area contributed by atoms with Crippen molar-refractivity contribution in [3.05, 3.63) is 16.0 Å². The molecular formula is C12H18BrN3O2. The first kappa shape index (κ1) is 13.7. The Bertz CT molecular complexity index is 409. The molecule has 1 aliphatic rings. The molecule has 1 unspecified atom stereocenters. The molecule has 2 rings (SSSR count). The molecule has 100 valence electrons. The van der Waals surface area contributed by atoms with E-state index in [0.29, 0.717) is 12.5 Å². The van der Waals surface area contributed by atoms with Crippen LogP contribution in [0.1, 0.15) is 17.9 Å². The van der Waals surface area contributed by atoms with Crippen LogP contribution >= 0.6 is 15.9 Å². The molecular weight excluding hydrogens is 298 g/mol. The summed E-state index contributed by atoms with van der Waals surface area (Å²) in [6.45, 7) is 2.14. The van der Waals surface area contributed by atoms with Crippen molar-refractivity contribution >= 4 is 21.7 Å². The van der Waals surface area contributed by atoms with Gasteiger partial charge in [-0.25, -0.2) is 9.97 Å². The van der Waals surface area contributed by atoms with Crippen molar-refractivity contribution in [2.75, 3.05) is 32.7 Å². The lowest BCUT2D eigenvalue weighted by Crippen LogP contribution is -2.11. The average Bonchev–Trinajstić information content (AvgIpc) is 2.86. The minimum Gasteiger partial charge on any atom is -0.381 e. The highest BCUT2D eigenvalue weighted by Gasteiger charge is 2.19. The third kappa shape index (κ3) is 3.18. The monoisotopic (exact) mass is 315 g/mol. The van der Waals surface area contributed by atoms with Gasteiger partial charge in [0.05, 0.1) is 16.8 Å². The third-order valence-corrected chi connectivity index (χ3v) is 3.81. The number of hydrogen-bond donors (Lipinski definition) is 1. The normalized spacial score (nSPS) is 19.2. The Morgan fingerprint density at radius 1 is 1.50 bits per heavy atom. The van der Waals surface area contributed by atoms with Crippen LogP contribution in [0.2, 0.25) is 0 Å². The molecule has 0 bridgehead atoms. The molecule has 2 heterocycles. The zero-order chi connectivity index (χ0) is 13.0. The molecule has 0 radical (unpaired) electrons. The Morgan fingerprint density at radius 2 is 2.33 bits per heavy atom. The topological polar surface area (TPSA) is 56.3 Å². The number of hydrogen-bond acceptors (Lipinski definition) is 5. The molecule has 18 heavy (non-hydrogen) atoms. The van der Waals surface area contributed by atoms with Gasteiger partial charge in [0.15, 0.2) is 0 Å². The van der Waals surface area contributed by atoms with E-state index in [-0.39, 0.29) is 0 Å². The van der Waals surface area contributed by atoms with Gasteiger partial charge in [-0.3, -0.25) is 0 Å². The van der Waals surface area contributed by atoms with Crippen molar-refractivity contribution in [2.45, 2.75) is 19.4 Å². The van der Waals surface area contributed by atoms with Gasteiger partial charge in [0, 0.05) is 33.8 Å². The smallest absolute Gasteiger partial charge is 0.144 e. The number of halogens is 1. The van der Waals surface area contributed by atoms with E-state index in [1.54, 1.807) is 7.11 Å². The zero-order valence-electron chi connectivity index (χ0n) is 10.7. The van der Waals surface area contributed by atoms with Crippen LogP contribution < -0.4 is 5.32 Å². The van der Waals surface area contributed by atoms with Gasteiger partial charge >= 0.3 is 0 Å². The summed E-state index contributed by atoms with van der Waals surface area (Å²) in [6, 6.07) is 0. The summed E-state index contributed by atoms with van der Waals surface area (Å²) < 4.78 is 11.4. The van der Waals surface area contributed by atoms with Crippen molar-refractivity contribution < 1.29 is 9.47 Å². The lowest BCUT2D eigenvalue weighted by Gasteiger charge is -2.12. The fraction of sp³-hybridized carbons (Fsp3) is 0.667. The number of rotatable bonds is 5. The Kier molecular flexibility index (Phi) is 4.91. The first-order valence-corrected chi connectivity index (χ1v) is 6.83. The van der Waals surface area contributed by atoms with Crippen molar-refractivity contribution in [3.8, 4) is 0 Å². The number of nitrogens with one attached hydrogen (secondary N) is 1. The van der Waals surface area contributed by atoms with E-state index in [2.05, 4.69) is 31.2 Å². The number of ether oxygens (including phenoxy) is 2. The van der Waals surface area contributed by atoms with Gasteiger partial charge in [0.1, 0.15) is 11.6 Å². The average molecular weight is 316 g/mol. The molecule has 1 aliphatic heterocycles. The van der Waals surface area contributed by atoms with Crippen molar-refractivity contribution in [2.24, 2.45) is 5.92 Å². The number of aromatic nitrogens is 2. The van der Waals surface area contributed by atoms with E-state index >= 15 is 0 Å². The van der Waals surface area contributed by atoms with E-state index in [9.17, 15) is 0 Å². The Balaban J connectivity index is 2.20. The van der Waals surface area contributed by atoms with Crippen molar-refractivity contribution in [1.29, 1.82) is 0 Å². The molecule has 1 saturated heterocycles. The second-order valence-corrected chi connectivity index (χ2v) is 5.16. The molecule has 5 nitrogen and oxygen atoms in total. The summed E-state index contributed by atoms with van der Waals surface area (Å²) in [5.41, 5.74) is 0.880. The summed E-state index contributed by atoms with van der Waals surface area (Å²) in [4.78, 5) is 9.07. The van der Waals surface area contributed by atoms with Crippen LogP contribution in [0.3, 0.4) is 0 Å². The second-order valence-electron chi connectivity index (χ2n) is 4.37. The lowest BCUT2D eigenvalue weighted by molar-refractivity contribution is 0.180. The van der Waals surface area contributed by atoms with E-state index < -0.39 is 0 Å². The molecule has 1 atom stereocenters. The number of nitrogens with zero attached hydrogens (tertiary/aromatic N) is 2. The fourth-order valence-electron chi connectivity index (χ4n) is 2.04. The quantitative estimate of drug-likeness (QED) is 0.900. The Morgan fingerprint density at radius 3 is 2.94 bits per heavy atom. The van der Waals surface area contributed by atoms with Crippen LogP contribution in [0.4, 0.5) is 5.82 Å². The maximum Gasteiger partial charge on any atom is 0.144 e. The second kappa shape index (κ2) is 6.45. The van der Waals surface area contributed by atoms with E-state index in [4.69, 9.17) is 9.47 Å². The minimum atomic E-state index is 0.478. The molecule has 1 aromatic rings. The van der Waals surface area contributed by atoms with Crippen LogP contribution in [-0.4, -0.2) is 37.3 Å². The highest BCUT2D eigenvalue weighted by Crippen LogP contribution is 2.25. The zero-order valence-corrected chi connectivity index (χ0v) is 12.3. The molecule has 1 fully saturated rings. The molecule has 1 aromatic heterocycles. The summed E-state index contributed by atoms with van der Waals surface area (Å²) in [7, 11) is 3.52. The fourth-order valence-corrected chi connectivity index (χ4v) is 2.53. The van der Waals surface area contributed by atoms with Gasteiger partial charge in [-0.1, -0.05) is 0 Å². The summed E-state index contributed by atoms with van der Waals surface area (Å²) in [5.74, 6) is 2.20. The van der Waals surface area contributed by atoms with E-state index in [1.807, 2.05) is 7.05 Å². The van der Waals surface area contributed by atoms with Gasteiger partial charge in [0.2, 0.25) is 0 Å². The maximum absolute atomic E-state index is 5.38. The maximum atomic E-state index is 5.38.